The molecule has 0 bridgehead atoms. The van der Waals surface area contributed by atoms with Crippen molar-refractivity contribution >= 4 is 15.7 Å². The third kappa shape index (κ3) is 4.32. The Morgan fingerprint density at radius 2 is 1.78 bits per heavy atom. The minimum Gasteiger partial charge on any atom is -0.340 e. The Labute approximate surface area is 138 Å². The van der Waals surface area contributed by atoms with Crippen molar-refractivity contribution in [1.29, 1.82) is 0 Å². The van der Waals surface area contributed by atoms with Crippen LogP contribution in [0.25, 0.3) is 0 Å². The van der Waals surface area contributed by atoms with E-state index in [4.69, 9.17) is 0 Å². The lowest BCUT2D eigenvalue weighted by molar-refractivity contribution is -0.136. The number of carbonyl (C=O) groups excluding carboxylic acids is 1. The van der Waals surface area contributed by atoms with Crippen molar-refractivity contribution in [3.05, 3.63) is 35.9 Å². The number of hydrogen-bond donors (Lipinski definition) is 0. The van der Waals surface area contributed by atoms with Gasteiger partial charge in [0.2, 0.25) is 5.91 Å². The van der Waals surface area contributed by atoms with Crippen molar-refractivity contribution in [3.63, 3.8) is 0 Å². The number of carbonyl (C=O) groups is 1. The normalized spacial score (nSPS) is 24.7. The van der Waals surface area contributed by atoms with Crippen LogP contribution >= 0.6 is 0 Å². The molecule has 0 saturated carbocycles. The van der Waals surface area contributed by atoms with Gasteiger partial charge in [0, 0.05) is 32.7 Å². The van der Waals surface area contributed by atoms with Crippen LogP contribution in [-0.2, 0) is 21.1 Å². The first-order valence-electron chi connectivity index (χ1n) is 8.29. The SMILES string of the molecule is O=C([C@@H]1CCS(=O)(=O)C1)N1CCN(CCc2ccccc2)CC1. The molecule has 2 saturated heterocycles. The molecule has 23 heavy (non-hydrogen) atoms. The lowest BCUT2D eigenvalue weighted by Crippen LogP contribution is -2.50. The van der Waals surface area contributed by atoms with Gasteiger partial charge in [-0.05, 0) is 18.4 Å². The molecule has 126 valence electrons. The van der Waals surface area contributed by atoms with Gasteiger partial charge in [-0.3, -0.25) is 9.69 Å². The van der Waals surface area contributed by atoms with Gasteiger partial charge in [0.1, 0.15) is 0 Å². The summed E-state index contributed by atoms with van der Waals surface area (Å²) in [5.74, 6) is -0.0646. The maximum Gasteiger partial charge on any atom is 0.226 e. The summed E-state index contributed by atoms with van der Waals surface area (Å²) in [5.41, 5.74) is 1.34. The average molecular weight is 336 g/mol. The van der Waals surface area contributed by atoms with E-state index in [0.717, 1.165) is 26.1 Å². The van der Waals surface area contributed by atoms with Gasteiger partial charge in [0.15, 0.2) is 9.84 Å². The molecule has 2 fully saturated rings. The van der Waals surface area contributed by atoms with Crippen LogP contribution in [0.4, 0.5) is 0 Å². The Balaban J connectivity index is 1.44. The van der Waals surface area contributed by atoms with Crippen LogP contribution in [0.3, 0.4) is 0 Å². The number of benzene rings is 1. The monoisotopic (exact) mass is 336 g/mol. The number of hydrogen-bond acceptors (Lipinski definition) is 4. The molecule has 1 aromatic carbocycles. The maximum atomic E-state index is 12.4. The lowest BCUT2D eigenvalue weighted by atomic mass is 10.1. The van der Waals surface area contributed by atoms with E-state index in [1.807, 2.05) is 11.0 Å². The smallest absolute Gasteiger partial charge is 0.226 e. The molecule has 0 N–H and O–H groups in total. The molecular formula is C17H24N2O3S. The van der Waals surface area contributed by atoms with E-state index in [0.29, 0.717) is 19.5 Å². The Hall–Kier alpha value is -1.40. The van der Waals surface area contributed by atoms with Crippen LogP contribution in [0.2, 0.25) is 0 Å². The van der Waals surface area contributed by atoms with Gasteiger partial charge < -0.3 is 4.90 Å². The molecule has 2 heterocycles. The molecule has 1 atom stereocenters. The third-order valence-corrected chi connectivity index (χ3v) is 6.59. The Morgan fingerprint density at radius 3 is 2.39 bits per heavy atom. The summed E-state index contributed by atoms with van der Waals surface area (Å²) in [5, 5.41) is 0. The second kappa shape index (κ2) is 7.01. The highest BCUT2D eigenvalue weighted by molar-refractivity contribution is 7.91. The van der Waals surface area contributed by atoms with Crippen molar-refractivity contribution in [2.24, 2.45) is 5.92 Å². The molecular weight excluding hydrogens is 312 g/mol. The number of amides is 1. The number of sulfone groups is 1. The van der Waals surface area contributed by atoms with E-state index in [9.17, 15) is 13.2 Å². The summed E-state index contributed by atoms with van der Waals surface area (Å²) in [6.07, 6.45) is 1.52. The standard InChI is InChI=1S/C17H24N2O3S/c20-17(16-7-13-23(21,22)14-16)19-11-9-18(10-12-19)8-6-15-4-2-1-3-5-15/h1-5,16H,6-14H2/t16-/m1/s1. The van der Waals surface area contributed by atoms with Crippen molar-refractivity contribution in [1.82, 2.24) is 9.80 Å². The van der Waals surface area contributed by atoms with Crippen LogP contribution in [0.1, 0.15) is 12.0 Å². The summed E-state index contributed by atoms with van der Waals surface area (Å²) in [6, 6.07) is 10.4. The topological polar surface area (TPSA) is 57.7 Å². The number of nitrogens with zero attached hydrogens (tertiary/aromatic N) is 2. The van der Waals surface area contributed by atoms with Gasteiger partial charge in [0.05, 0.1) is 17.4 Å². The van der Waals surface area contributed by atoms with Gasteiger partial charge in [-0.25, -0.2) is 8.42 Å². The molecule has 6 heteroatoms. The zero-order valence-corrected chi connectivity index (χ0v) is 14.2. The van der Waals surface area contributed by atoms with E-state index in [-0.39, 0.29) is 23.3 Å². The first-order chi connectivity index (χ1) is 11.0. The summed E-state index contributed by atoms with van der Waals surface area (Å²) in [7, 11) is -2.99. The minimum absolute atomic E-state index is 0.0359. The molecule has 2 aliphatic heterocycles. The number of piperazine rings is 1. The average Bonchev–Trinajstić information content (AvgIpc) is 2.94. The summed E-state index contributed by atoms with van der Waals surface area (Å²) < 4.78 is 23.0. The first-order valence-corrected chi connectivity index (χ1v) is 10.1. The highest BCUT2D eigenvalue weighted by atomic mass is 32.2. The largest absolute Gasteiger partial charge is 0.340 e. The van der Waals surface area contributed by atoms with Gasteiger partial charge in [-0.1, -0.05) is 30.3 Å². The molecule has 1 amide bonds. The molecule has 0 radical (unpaired) electrons. The summed E-state index contributed by atoms with van der Waals surface area (Å²) in [4.78, 5) is 16.6. The molecule has 3 rings (SSSR count). The van der Waals surface area contributed by atoms with Gasteiger partial charge in [-0.2, -0.15) is 0 Å². The Kier molecular flexibility index (Phi) is 5.02. The molecule has 1 aromatic rings. The first kappa shape index (κ1) is 16.5. The number of rotatable bonds is 4. The Morgan fingerprint density at radius 1 is 1.09 bits per heavy atom. The Bertz CT molecular complexity index is 637. The van der Waals surface area contributed by atoms with Gasteiger partial charge >= 0.3 is 0 Å². The van der Waals surface area contributed by atoms with E-state index in [1.54, 1.807) is 0 Å². The lowest BCUT2D eigenvalue weighted by Gasteiger charge is -2.35. The van der Waals surface area contributed by atoms with Crippen LogP contribution in [0, 0.1) is 5.92 Å². The highest BCUT2D eigenvalue weighted by Crippen LogP contribution is 2.21. The predicted molar refractivity (Wildman–Crippen MR) is 89.9 cm³/mol. The van der Waals surface area contributed by atoms with Crippen LogP contribution in [-0.4, -0.2) is 68.4 Å². The third-order valence-electron chi connectivity index (χ3n) is 4.83. The molecule has 5 nitrogen and oxygen atoms in total. The second-order valence-corrected chi connectivity index (χ2v) is 8.73. The highest BCUT2D eigenvalue weighted by Gasteiger charge is 2.36. The summed E-state index contributed by atoms with van der Waals surface area (Å²) >= 11 is 0. The van der Waals surface area contributed by atoms with Gasteiger partial charge in [0.25, 0.3) is 0 Å². The van der Waals surface area contributed by atoms with E-state index < -0.39 is 9.84 Å². The minimum atomic E-state index is -2.99. The van der Waals surface area contributed by atoms with Crippen molar-refractivity contribution in [2.75, 3.05) is 44.2 Å². The van der Waals surface area contributed by atoms with E-state index in [1.165, 1.54) is 5.56 Å². The van der Waals surface area contributed by atoms with Crippen molar-refractivity contribution in [3.8, 4) is 0 Å². The maximum absolute atomic E-state index is 12.4. The van der Waals surface area contributed by atoms with E-state index >= 15 is 0 Å². The molecule has 2 aliphatic rings. The fraction of sp³-hybridized carbons (Fsp3) is 0.588. The van der Waals surface area contributed by atoms with E-state index in [2.05, 4.69) is 29.2 Å². The zero-order valence-electron chi connectivity index (χ0n) is 13.4. The quantitative estimate of drug-likeness (QED) is 0.816. The molecule has 0 spiro atoms. The van der Waals surface area contributed by atoms with Crippen LogP contribution in [0.5, 0.6) is 0 Å². The second-order valence-electron chi connectivity index (χ2n) is 6.50. The van der Waals surface area contributed by atoms with Gasteiger partial charge in [-0.15, -0.1) is 0 Å². The fourth-order valence-electron chi connectivity index (χ4n) is 3.37. The van der Waals surface area contributed by atoms with Crippen LogP contribution < -0.4 is 0 Å². The molecule has 0 unspecified atom stereocenters. The molecule has 0 aromatic heterocycles. The zero-order chi connectivity index (χ0) is 16.3. The molecule has 0 aliphatic carbocycles. The van der Waals surface area contributed by atoms with Crippen molar-refractivity contribution in [2.45, 2.75) is 12.8 Å². The van der Waals surface area contributed by atoms with Crippen molar-refractivity contribution < 1.29 is 13.2 Å². The van der Waals surface area contributed by atoms with Crippen LogP contribution in [0.15, 0.2) is 30.3 Å². The fourth-order valence-corrected chi connectivity index (χ4v) is 5.10. The summed E-state index contributed by atoms with van der Waals surface area (Å²) in [6.45, 7) is 4.17. The predicted octanol–water partition coefficient (Wildman–Crippen LogP) is 0.808.